The van der Waals surface area contributed by atoms with Crippen molar-refractivity contribution in [3.8, 4) is 11.1 Å². The zero-order chi connectivity index (χ0) is 12.3. The number of nitrogens with zero attached hydrogens (tertiary/aromatic N) is 2. The van der Waals surface area contributed by atoms with Gasteiger partial charge in [-0.1, -0.05) is 30.3 Å². The van der Waals surface area contributed by atoms with Crippen LogP contribution in [-0.4, -0.2) is 35.3 Å². The standard InChI is InChI=1S/C13H17N3O/c1-15(2)8-9-16-10-12(13(17)14-16)11-6-4-3-5-7-11/h3-7,10H,8-9H2,1-2H3,(H,14,17). The number of nitrogens with one attached hydrogen (secondary N) is 1. The Morgan fingerprint density at radius 2 is 1.94 bits per heavy atom. The highest BCUT2D eigenvalue weighted by atomic mass is 16.1. The van der Waals surface area contributed by atoms with E-state index in [1.165, 1.54) is 0 Å². The number of hydrogen-bond donors (Lipinski definition) is 1. The van der Waals surface area contributed by atoms with Gasteiger partial charge in [-0.25, -0.2) is 0 Å². The largest absolute Gasteiger partial charge is 0.308 e. The minimum atomic E-state index is -0.0324. The number of likely N-dealkylation sites (N-methyl/N-ethyl adjacent to an activating group) is 1. The third-order valence-electron chi connectivity index (χ3n) is 2.65. The second kappa shape index (κ2) is 5.01. The first kappa shape index (κ1) is 11.7. The predicted molar refractivity (Wildman–Crippen MR) is 69.0 cm³/mol. The van der Waals surface area contributed by atoms with Gasteiger partial charge in [0.25, 0.3) is 5.56 Å². The molecule has 0 bridgehead atoms. The first-order valence-corrected chi connectivity index (χ1v) is 5.66. The predicted octanol–water partition coefficient (Wildman–Crippen LogP) is 1.40. The number of hydrogen-bond acceptors (Lipinski definition) is 2. The van der Waals surface area contributed by atoms with Gasteiger partial charge in [-0.2, -0.15) is 0 Å². The summed E-state index contributed by atoms with van der Waals surface area (Å²) in [5.74, 6) is 0. The van der Waals surface area contributed by atoms with Crippen molar-refractivity contribution in [2.24, 2.45) is 0 Å². The average Bonchev–Trinajstić information content (AvgIpc) is 2.69. The summed E-state index contributed by atoms with van der Waals surface area (Å²) in [5, 5.41) is 2.83. The van der Waals surface area contributed by atoms with E-state index in [-0.39, 0.29) is 5.56 Å². The van der Waals surface area contributed by atoms with Crippen LogP contribution in [0.15, 0.2) is 41.3 Å². The first-order valence-electron chi connectivity index (χ1n) is 5.66. The van der Waals surface area contributed by atoms with Gasteiger partial charge in [-0.3, -0.25) is 14.6 Å². The molecule has 0 aliphatic rings. The van der Waals surface area contributed by atoms with Crippen LogP contribution < -0.4 is 5.56 Å². The summed E-state index contributed by atoms with van der Waals surface area (Å²) < 4.78 is 1.84. The van der Waals surface area contributed by atoms with E-state index in [1.54, 1.807) is 0 Å². The van der Waals surface area contributed by atoms with Gasteiger partial charge < -0.3 is 4.90 Å². The molecule has 0 radical (unpaired) electrons. The van der Waals surface area contributed by atoms with Crippen molar-refractivity contribution < 1.29 is 0 Å². The van der Waals surface area contributed by atoms with Gasteiger partial charge in [0.15, 0.2) is 0 Å². The first-order chi connectivity index (χ1) is 8.16. The number of aromatic amines is 1. The lowest BCUT2D eigenvalue weighted by atomic mass is 10.1. The Kier molecular flexibility index (Phi) is 3.44. The average molecular weight is 231 g/mol. The number of H-pyrrole nitrogens is 1. The Morgan fingerprint density at radius 3 is 2.59 bits per heavy atom. The molecule has 0 spiro atoms. The zero-order valence-corrected chi connectivity index (χ0v) is 10.2. The van der Waals surface area contributed by atoms with Gasteiger partial charge in [0.05, 0.1) is 12.1 Å². The molecule has 0 aliphatic heterocycles. The quantitative estimate of drug-likeness (QED) is 0.864. The molecule has 2 rings (SSSR count). The summed E-state index contributed by atoms with van der Waals surface area (Å²) in [5.41, 5.74) is 1.65. The SMILES string of the molecule is CN(C)CCn1cc(-c2ccccc2)c(=O)[nH]1. The fourth-order valence-electron chi connectivity index (χ4n) is 1.69. The molecule has 0 saturated heterocycles. The smallest absolute Gasteiger partial charge is 0.271 e. The van der Waals surface area contributed by atoms with Crippen molar-refractivity contribution in [3.05, 3.63) is 46.9 Å². The van der Waals surface area contributed by atoms with Crippen molar-refractivity contribution >= 4 is 0 Å². The number of benzene rings is 1. The Balaban J connectivity index is 2.23. The molecule has 0 unspecified atom stereocenters. The second-order valence-corrected chi connectivity index (χ2v) is 4.35. The van der Waals surface area contributed by atoms with Crippen LogP contribution in [0.5, 0.6) is 0 Å². The lowest BCUT2D eigenvalue weighted by Crippen LogP contribution is -2.19. The number of aromatic nitrogens is 2. The molecule has 0 saturated carbocycles. The fraction of sp³-hybridized carbons (Fsp3) is 0.308. The van der Waals surface area contributed by atoms with Crippen molar-refractivity contribution in [1.82, 2.24) is 14.7 Å². The summed E-state index contributed by atoms with van der Waals surface area (Å²) in [6.45, 7) is 1.69. The van der Waals surface area contributed by atoms with E-state index in [4.69, 9.17) is 0 Å². The van der Waals surface area contributed by atoms with Crippen LogP contribution in [0.2, 0.25) is 0 Å². The monoisotopic (exact) mass is 231 g/mol. The summed E-state index contributed by atoms with van der Waals surface area (Å²) in [7, 11) is 4.03. The number of rotatable bonds is 4. The Hall–Kier alpha value is -1.81. The lowest BCUT2D eigenvalue weighted by Gasteiger charge is -2.09. The van der Waals surface area contributed by atoms with Gasteiger partial charge in [-0.05, 0) is 19.7 Å². The molecule has 2 aromatic rings. The van der Waals surface area contributed by atoms with Crippen LogP contribution in [0.1, 0.15) is 0 Å². The minimum absolute atomic E-state index is 0.0324. The second-order valence-electron chi connectivity index (χ2n) is 4.35. The van der Waals surface area contributed by atoms with E-state index in [9.17, 15) is 4.79 Å². The van der Waals surface area contributed by atoms with Crippen molar-refractivity contribution in [1.29, 1.82) is 0 Å². The molecule has 90 valence electrons. The van der Waals surface area contributed by atoms with E-state index in [2.05, 4.69) is 10.00 Å². The normalized spacial score (nSPS) is 11.0. The van der Waals surface area contributed by atoms with Gasteiger partial charge in [0.2, 0.25) is 0 Å². The van der Waals surface area contributed by atoms with Gasteiger partial charge in [-0.15, -0.1) is 0 Å². The molecule has 1 aromatic heterocycles. The summed E-state index contributed by atoms with van der Waals surface area (Å²) in [6.07, 6.45) is 1.88. The molecule has 1 N–H and O–H groups in total. The van der Waals surface area contributed by atoms with Gasteiger partial charge in [0, 0.05) is 12.7 Å². The highest BCUT2D eigenvalue weighted by Crippen LogP contribution is 2.13. The van der Waals surface area contributed by atoms with E-state index in [1.807, 2.05) is 55.3 Å². The van der Waals surface area contributed by atoms with Gasteiger partial charge >= 0.3 is 0 Å². The van der Waals surface area contributed by atoms with Crippen LogP contribution in [0.25, 0.3) is 11.1 Å². The summed E-state index contributed by atoms with van der Waals surface area (Å²) >= 11 is 0. The molecule has 17 heavy (non-hydrogen) atoms. The van der Waals surface area contributed by atoms with Crippen molar-refractivity contribution in [2.75, 3.05) is 20.6 Å². The Labute approximate surface area is 100 Å². The molecule has 0 atom stereocenters. The maximum Gasteiger partial charge on any atom is 0.271 e. The third kappa shape index (κ3) is 2.85. The zero-order valence-electron chi connectivity index (χ0n) is 10.2. The molecule has 4 heteroatoms. The summed E-state index contributed by atoms with van der Waals surface area (Å²) in [6, 6.07) is 9.71. The molecule has 0 fully saturated rings. The highest BCUT2D eigenvalue weighted by molar-refractivity contribution is 5.61. The van der Waals surface area contributed by atoms with Crippen LogP contribution in [-0.2, 0) is 6.54 Å². The van der Waals surface area contributed by atoms with Gasteiger partial charge in [0.1, 0.15) is 0 Å². The highest BCUT2D eigenvalue weighted by Gasteiger charge is 2.05. The van der Waals surface area contributed by atoms with Crippen LogP contribution in [0.4, 0.5) is 0 Å². The van der Waals surface area contributed by atoms with Crippen LogP contribution in [0.3, 0.4) is 0 Å². The topological polar surface area (TPSA) is 41.0 Å². The van der Waals surface area contributed by atoms with Crippen LogP contribution in [0, 0.1) is 0 Å². The van der Waals surface area contributed by atoms with E-state index in [0.29, 0.717) is 0 Å². The van der Waals surface area contributed by atoms with Crippen molar-refractivity contribution in [2.45, 2.75) is 6.54 Å². The Bertz CT molecular complexity index is 525. The van der Waals surface area contributed by atoms with E-state index < -0.39 is 0 Å². The maximum absolute atomic E-state index is 11.8. The maximum atomic E-state index is 11.8. The molecule has 1 aromatic carbocycles. The minimum Gasteiger partial charge on any atom is -0.308 e. The molecule has 0 amide bonds. The molecule has 4 nitrogen and oxygen atoms in total. The summed E-state index contributed by atoms with van der Waals surface area (Å²) in [4.78, 5) is 13.9. The third-order valence-corrected chi connectivity index (χ3v) is 2.65. The molecular weight excluding hydrogens is 214 g/mol. The molecular formula is C13H17N3O. The fourth-order valence-corrected chi connectivity index (χ4v) is 1.69. The van der Waals surface area contributed by atoms with E-state index >= 15 is 0 Å². The van der Waals surface area contributed by atoms with Crippen molar-refractivity contribution in [3.63, 3.8) is 0 Å². The van der Waals surface area contributed by atoms with Crippen LogP contribution >= 0.6 is 0 Å². The molecule has 0 aliphatic carbocycles. The Morgan fingerprint density at radius 1 is 1.24 bits per heavy atom. The molecule has 1 heterocycles. The van der Waals surface area contributed by atoms with E-state index in [0.717, 1.165) is 24.2 Å². The lowest BCUT2D eigenvalue weighted by molar-refractivity contribution is 0.372.